The standard InChI is InChI=1S/C13H21N3.HI/c1-3-10-15-13(14-2)16-11-9-12-7-5-4-6-8-12;/h4-8H,3,9-11H2,1-2H3,(H2,14,15,16);1H. The molecule has 1 aromatic carbocycles. The molecule has 0 aliphatic heterocycles. The van der Waals surface area contributed by atoms with Crippen LogP contribution >= 0.6 is 24.0 Å². The van der Waals surface area contributed by atoms with Gasteiger partial charge in [0.05, 0.1) is 0 Å². The predicted octanol–water partition coefficient (Wildman–Crippen LogP) is 2.42. The highest BCUT2D eigenvalue weighted by Crippen LogP contribution is 1.97. The fourth-order valence-corrected chi connectivity index (χ4v) is 1.43. The molecule has 0 heterocycles. The summed E-state index contributed by atoms with van der Waals surface area (Å²) in [6.45, 7) is 4.02. The number of nitrogens with zero attached hydrogens (tertiary/aromatic N) is 1. The lowest BCUT2D eigenvalue weighted by Gasteiger charge is -2.10. The third-order valence-corrected chi connectivity index (χ3v) is 2.31. The highest BCUT2D eigenvalue weighted by Gasteiger charge is 1.95. The first-order valence-electron chi connectivity index (χ1n) is 5.85. The van der Waals surface area contributed by atoms with Crippen LogP contribution in [0.4, 0.5) is 0 Å². The van der Waals surface area contributed by atoms with Gasteiger partial charge in [0.25, 0.3) is 0 Å². The molecule has 1 rings (SSSR count). The minimum absolute atomic E-state index is 0. The molecule has 96 valence electrons. The van der Waals surface area contributed by atoms with Gasteiger partial charge < -0.3 is 10.6 Å². The zero-order chi connectivity index (χ0) is 11.6. The van der Waals surface area contributed by atoms with Crippen LogP contribution in [0.15, 0.2) is 35.3 Å². The van der Waals surface area contributed by atoms with Crippen molar-refractivity contribution in [3.63, 3.8) is 0 Å². The number of aliphatic imine (C=N–C) groups is 1. The molecule has 1 aromatic rings. The van der Waals surface area contributed by atoms with E-state index in [0.29, 0.717) is 0 Å². The molecule has 4 heteroatoms. The van der Waals surface area contributed by atoms with Gasteiger partial charge in [-0.2, -0.15) is 0 Å². The van der Waals surface area contributed by atoms with Crippen LogP contribution in [0.3, 0.4) is 0 Å². The Hall–Kier alpha value is -0.780. The molecule has 0 fully saturated rings. The van der Waals surface area contributed by atoms with E-state index in [0.717, 1.165) is 31.9 Å². The number of benzene rings is 1. The quantitative estimate of drug-likeness (QED) is 0.488. The van der Waals surface area contributed by atoms with Crippen LogP contribution in [0, 0.1) is 0 Å². The smallest absolute Gasteiger partial charge is 0.190 e. The summed E-state index contributed by atoms with van der Waals surface area (Å²) in [5.41, 5.74) is 1.35. The summed E-state index contributed by atoms with van der Waals surface area (Å²) in [6.07, 6.45) is 2.13. The average molecular weight is 347 g/mol. The number of hydrogen-bond donors (Lipinski definition) is 2. The van der Waals surface area contributed by atoms with E-state index in [9.17, 15) is 0 Å². The molecule has 0 radical (unpaired) electrons. The van der Waals surface area contributed by atoms with Gasteiger partial charge in [-0.15, -0.1) is 24.0 Å². The number of hydrogen-bond acceptors (Lipinski definition) is 1. The maximum atomic E-state index is 4.15. The van der Waals surface area contributed by atoms with Crippen molar-refractivity contribution < 1.29 is 0 Å². The van der Waals surface area contributed by atoms with Gasteiger partial charge in [-0.1, -0.05) is 37.3 Å². The first-order chi connectivity index (χ1) is 7.86. The SMILES string of the molecule is CCCNC(=NC)NCCc1ccccc1.I. The van der Waals surface area contributed by atoms with Crippen molar-refractivity contribution in [2.75, 3.05) is 20.1 Å². The summed E-state index contributed by atoms with van der Waals surface area (Å²) in [5, 5.41) is 6.54. The van der Waals surface area contributed by atoms with E-state index in [1.165, 1.54) is 5.56 Å². The Kier molecular flexibility index (Phi) is 9.90. The van der Waals surface area contributed by atoms with Crippen molar-refractivity contribution in [3.05, 3.63) is 35.9 Å². The van der Waals surface area contributed by atoms with E-state index in [1.54, 1.807) is 7.05 Å². The van der Waals surface area contributed by atoms with Crippen molar-refractivity contribution in [3.8, 4) is 0 Å². The topological polar surface area (TPSA) is 36.4 Å². The highest BCUT2D eigenvalue weighted by atomic mass is 127. The van der Waals surface area contributed by atoms with Gasteiger partial charge in [0.2, 0.25) is 0 Å². The number of halogens is 1. The molecule has 0 atom stereocenters. The van der Waals surface area contributed by atoms with E-state index in [1.807, 2.05) is 6.07 Å². The molecule has 2 N–H and O–H groups in total. The predicted molar refractivity (Wildman–Crippen MR) is 85.2 cm³/mol. The Morgan fingerprint density at radius 2 is 1.76 bits per heavy atom. The highest BCUT2D eigenvalue weighted by molar-refractivity contribution is 14.0. The molecule has 0 unspecified atom stereocenters. The van der Waals surface area contributed by atoms with Crippen LogP contribution in [0.1, 0.15) is 18.9 Å². The Labute approximate surface area is 121 Å². The molecule has 17 heavy (non-hydrogen) atoms. The van der Waals surface area contributed by atoms with Crippen LogP contribution in [0.2, 0.25) is 0 Å². The number of nitrogens with one attached hydrogen (secondary N) is 2. The third kappa shape index (κ3) is 7.20. The zero-order valence-electron chi connectivity index (χ0n) is 10.6. The van der Waals surface area contributed by atoms with Gasteiger partial charge in [0.1, 0.15) is 0 Å². The molecular formula is C13H22IN3. The third-order valence-electron chi connectivity index (χ3n) is 2.31. The zero-order valence-corrected chi connectivity index (χ0v) is 12.9. The lowest BCUT2D eigenvalue weighted by molar-refractivity contribution is 0.773. The van der Waals surface area contributed by atoms with E-state index in [-0.39, 0.29) is 24.0 Å². The van der Waals surface area contributed by atoms with E-state index < -0.39 is 0 Å². The van der Waals surface area contributed by atoms with Crippen molar-refractivity contribution >= 4 is 29.9 Å². The molecule has 0 aliphatic carbocycles. The summed E-state index contributed by atoms with van der Waals surface area (Å²) in [5.74, 6) is 0.887. The van der Waals surface area contributed by atoms with Gasteiger partial charge in [-0.25, -0.2) is 0 Å². The van der Waals surface area contributed by atoms with Gasteiger partial charge in [-0.3, -0.25) is 4.99 Å². The molecule has 0 aromatic heterocycles. The minimum Gasteiger partial charge on any atom is -0.356 e. The van der Waals surface area contributed by atoms with E-state index >= 15 is 0 Å². The minimum atomic E-state index is 0. The largest absolute Gasteiger partial charge is 0.356 e. The fourth-order valence-electron chi connectivity index (χ4n) is 1.43. The molecular weight excluding hydrogens is 325 g/mol. The summed E-state index contributed by atoms with van der Waals surface area (Å²) in [7, 11) is 1.80. The monoisotopic (exact) mass is 347 g/mol. The number of guanidine groups is 1. The van der Waals surface area contributed by atoms with E-state index in [4.69, 9.17) is 0 Å². The van der Waals surface area contributed by atoms with Crippen molar-refractivity contribution in [1.82, 2.24) is 10.6 Å². The maximum absolute atomic E-state index is 4.15. The van der Waals surface area contributed by atoms with E-state index in [2.05, 4.69) is 46.8 Å². The second-order valence-electron chi connectivity index (χ2n) is 3.66. The fraction of sp³-hybridized carbons (Fsp3) is 0.462. The van der Waals surface area contributed by atoms with Gasteiger partial charge in [-0.05, 0) is 18.4 Å². The molecule has 0 amide bonds. The average Bonchev–Trinajstić information content (AvgIpc) is 2.35. The molecule has 0 saturated carbocycles. The Morgan fingerprint density at radius 1 is 1.12 bits per heavy atom. The molecule has 0 saturated heterocycles. The molecule has 0 spiro atoms. The Morgan fingerprint density at radius 3 is 2.35 bits per heavy atom. The van der Waals surface area contributed by atoms with Crippen LogP contribution in [0.5, 0.6) is 0 Å². The van der Waals surface area contributed by atoms with Crippen molar-refractivity contribution in [2.45, 2.75) is 19.8 Å². The van der Waals surface area contributed by atoms with Crippen LogP contribution in [-0.4, -0.2) is 26.1 Å². The summed E-state index contributed by atoms with van der Waals surface area (Å²) < 4.78 is 0. The van der Waals surface area contributed by atoms with Crippen LogP contribution < -0.4 is 10.6 Å². The normalized spacial score (nSPS) is 10.6. The van der Waals surface area contributed by atoms with Gasteiger partial charge in [0.15, 0.2) is 5.96 Å². The number of rotatable bonds is 5. The Bertz CT molecular complexity index is 312. The molecule has 3 nitrogen and oxygen atoms in total. The summed E-state index contributed by atoms with van der Waals surface area (Å²) in [6, 6.07) is 10.5. The lowest BCUT2D eigenvalue weighted by Crippen LogP contribution is -2.38. The summed E-state index contributed by atoms with van der Waals surface area (Å²) >= 11 is 0. The van der Waals surface area contributed by atoms with Crippen LogP contribution in [-0.2, 0) is 6.42 Å². The van der Waals surface area contributed by atoms with Crippen molar-refractivity contribution in [2.24, 2.45) is 4.99 Å². The first-order valence-corrected chi connectivity index (χ1v) is 5.85. The maximum Gasteiger partial charge on any atom is 0.190 e. The molecule has 0 aliphatic rings. The second-order valence-corrected chi connectivity index (χ2v) is 3.66. The second kappa shape index (κ2) is 10.4. The summed E-state index contributed by atoms with van der Waals surface area (Å²) in [4.78, 5) is 4.15. The molecule has 0 bridgehead atoms. The van der Waals surface area contributed by atoms with Gasteiger partial charge >= 0.3 is 0 Å². The Balaban J connectivity index is 0.00000256. The van der Waals surface area contributed by atoms with Crippen molar-refractivity contribution in [1.29, 1.82) is 0 Å². The van der Waals surface area contributed by atoms with Crippen LogP contribution in [0.25, 0.3) is 0 Å². The first kappa shape index (κ1) is 16.2. The van der Waals surface area contributed by atoms with Gasteiger partial charge in [0, 0.05) is 20.1 Å². The lowest BCUT2D eigenvalue weighted by atomic mass is 10.1.